The van der Waals surface area contributed by atoms with E-state index in [1.807, 2.05) is 0 Å². The Hall–Kier alpha value is -0.940. The third kappa shape index (κ3) is 4.04. The molecule has 0 radical (unpaired) electrons. The quantitative estimate of drug-likeness (QED) is 0.864. The summed E-state index contributed by atoms with van der Waals surface area (Å²) in [5, 5.41) is 4.15. The highest BCUT2D eigenvalue weighted by Gasteiger charge is 2.23. The zero-order chi connectivity index (χ0) is 14.5. The molecular formula is C16H28N4O. The largest absolute Gasteiger partial charge is 0.339 e. The van der Waals surface area contributed by atoms with Crippen molar-refractivity contribution in [3.63, 3.8) is 0 Å². The van der Waals surface area contributed by atoms with Crippen LogP contribution in [0.15, 0.2) is 4.52 Å². The van der Waals surface area contributed by atoms with Crippen molar-refractivity contribution in [3.05, 3.63) is 11.7 Å². The molecular weight excluding hydrogens is 264 g/mol. The van der Waals surface area contributed by atoms with Crippen LogP contribution in [0.5, 0.6) is 0 Å². The van der Waals surface area contributed by atoms with Gasteiger partial charge in [-0.3, -0.25) is 0 Å². The summed E-state index contributed by atoms with van der Waals surface area (Å²) in [4.78, 5) is 7.04. The number of hydrogen-bond donors (Lipinski definition) is 1. The first kappa shape index (κ1) is 15.0. The Kier molecular flexibility index (Phi) is 5.25. The van der Waals surface area contributed by atoms with Gasteiger partial charge < -0.3 is 15.2 Å². The molecule has 2 N–H and O–H groups in total. The van der Waals surface area contributed by atoms with E-state index in [4.69, 9.17) is 10.3 Å². The van der Waals surface area contributed by atoms with Gasteiger partial charge in [0.25, 0.3) is 0 Å². The van der Waals surface area contributed by atoms with Crippen LogP contribution in [0.2, 0.25) is 0 Å². The number of piperidine rings is 1. The summed E-state index contributed by atoms with van der Waals surface area (Å²) in [6.45, 7) is 3.16. The zero-order valence-corrected chi connectivity index (χ0v) is 13.0. The van der Waals surface area contributed by atoms with E-state index in [1.165, 1.54) is 57.8 Å². The lowest BCUT2D eigenvalue weighted by Gasteiger charge is -2.27. The van der Waals surface area contributed by atoms with Crippen molar-refractivity contribution in [2.75, 3.05) is 19.6 Å². The summed E-state index contributed by atoms with van der Waals surface area (Å²) in [6.07, 6.45) is 11.5. The fourth-order valence-corrected chi connectivity index (χ4v) is 3.59. The van der Waals surface area contributed by atoms with Crippen LogP contribution in [0, 0.1) is 0 Å². The minimum absolute atomic E-state index is 0.119. The first-order valence-corrected chi connectivity index (χ1v) is 8.64. The Morgan fingerprint density at radius 3 is 2.43 bits per heavy atom. The van der Waals surface area contributed by atoms with Crippen LogP contribution in [0.1, 0.15) is 81.5 Å². The Bertz CT molecular complexity index is 420. The van der Waals surface area contributed by atoms with E-state index in [9.17, 15) is 0 Å². The van der Waals surface area contributed by atoms with Gasteiger partial charge in [0.1, 0.15) is 0 Å². The highest BCUT2D eigenvalue weighted by Crippen LogP contribution is 2.30. The molecule has 5 nitrogen and oxygen atoms in total. The SMILES string of the molecule is NC(CN1CCCCC1)c1noc(C2CCCCCC2)n1. The molecule has 0 aromatic carbocycles. The summed E-state index contributed by atoms with van der Waals surface area (Å²) in [6, 6.07) is -0.119. The van der Waals surface area contributed by atoms with Gasteiger partial charge >= 0.3 is 0 Å². The van der Waals surface area contributed by atoms with Gasteiger partial charge in [0.2, 0.25) is 5.89 Å². The van der Waals surface area contributed by atoms with Crippen molar-refractivity contribution < 1.29 is 4.52 Å². The maximum absolute atomic E-state index is 6.27. The molecule has 0 amide bonds. The Morgan fingerprint density at radius 2 is 1.71 bits per heavy atom. The van der Waals surface area contributed by atoms with Gasteiger partial charge in [0.05, 0.1) is 6.04 Å². The van der Waals surface area contributed by atoms with Gasteiger partial charge in [-0.15, -0.1) is 0 Å². The summed E-state index contributed by atoms with van der Waals surface area (Å²) in [5.41, 5.74) is 6.27. The maximum Gasteiger partial charge on any atom is 0.229 e. The van der Waals surface area contributed by atoms with Crippen molar-refractivity contribution in [1.29, 1.82) is 0 Å². The molecule has 1 aliphatic carbocycles. The Labute approximate surface area is 127 Å². The van der Waals surface area contributed by atoms with E-state index < -0.39 is 0 Å². The van der Waals surface area contributed by atoms with E-state index in [1.54, 1.807) is 0 Å². The average molecular weight is 292 g/mol. The summed E-state index contributed by atoms with van der Waals surface area (Å²) in [7, 11) is 0. The van der Waals surface area contributed by atoms with Crippen molar-refractivity contribution in [1.82, 2.24) is 15.0 Å². The normalized spacial score (nSPS) is 23.9. The molecule has 2 fully saturated rings. The Morgan fingerprint density at radius 1 is 1.05 bits per heavy atom. The first-order valence-electron chi connectivity index (χ1n) is 8.64. The second-order valence-corrected chi connectivity index (χ2v) is 6.65. The van der Waals surface area contributed by atoms with E-state index in [-0.39, 0.29) is 6.04 Å². The Balaban J connectivity index is 1.57. The highest BCUT2D eigenvalue weighted by molar-refractivity contribution is 4.99. The molecule has 1 aromatic heterocycles. The summed E-state index contributed by atoms with van der Waals surface area (Å²) >= 11 is 0. The van der Waals surface area contributed by atoms with Crippen LogP contribution in [0.25, 0.3) is 0 Å². The van der Waals surface area contributed by atoms with E-state index in [0.717, 1.165) is 25.5 Å². The van der Waals surface area contributed by atoms with Crippen LogP contribution < -0.4 is 5.73 Å². The molecule has 1 unspecified atom stereocenters. The topological polar surface area (TPSA) is 68.2 Å². The van der Waals surface area contributed by atoms with Gasteiger partial charge in [0.15, 0.2) is 5.82 Å². The standard InChI is InChI=1S/C16H28N4O/c17-14(12-20-10-6-3-7-11-20)15-18-16(21-19-15)13-8-4-1-2-5-9-13/h13-14H,1-12,17H2. The van der Waals surface area contributed by atoms with Crippen LogP contribution in [-0.4, -0.2) is 34.7 Å². The molecule has 1 aliphatic heterocycles. The lowest BCUT2D eigenvalue weighted by atomic mass is 10.0. The molecule has 21 heavy (non-hydrogen) atoms. The third-order valence-electron chi connectivity index (χ3n) is 4.90. The van der Waals surface area contributed by atoms with Crippen molar-refractivity contribution in [2.45, 2.75) is 69.7 Å². The number of nitrogens with two attached hydrogens (primary N) is 1. The smallest absolute Gasteiger partial charge is 0.229 e. The van der Waals surface area contributed by atoms with Crippen molar-refractivity contribution >= 4 is 0 Å². The van der Waals surface area contributed by atoms with Gasteiger partial charge in [-0.2, -0.15) is 4.98 Å². The predicted octanol–water partition coefficient (Wildman–Crippen LogP) is 2.99. The number of hydrogen-bond acceptors (Lipinski definition) is 5. The third-order valence-corrected chi connectivity index (χ3v) is 4.90. The zero-order valence-electron chi connectivity index (χ0n) is 13.0. The second-order valence-electron chi connectivity index (χ2n) is 6.65. The maximum atomic E-state index is 6.27. The van der Waals surface area contributed by atoms with Crippen molar-refractivity contribution in [3.8, 4) is 0 Å². The minimum atomic E-state index is -0.119. The molecule has 1 saturated heterocycles. The summed E-state index contributed by atoms with van der Waals surface area (Å²) < 4.78 is 5.51. The molecule has 5 heteroatoms. The number of likely N-dealkylation sites (tertiary alicyclic amines) is 1. The van der Waals surface area contributed by atoms with E-state index >= 15 is 0 Å². The molecule has 3 rings (SSSR count). The monoisotopic (exact) mass is 292 g/mol. The van der Waals surface area contributed by atoms with Gasteiger partial charge in [0, 0.05) is 12.5 Å². The molecule has 1 atom stereocenters. The van der Waals surface area contributed by atoms with Crippen LogP contribution in [-0.2, 0) is 0 Å². The van der Waals surface area contributed by atoms with Crippen LogP contribution in [0.3, 0.4) is 0 Å². The predicted molar refractivity (Wildman–Crippen MR) is 82.0 cm³/mol. The van der Waals surface area contributed by atoms with E-state index in [2.05, 4.69) is 15.0 Å². The molecule has 118 valence electrons. The van der Waals surface area contributed by atoms with Crippen LogP contribution >= 0.6 is 0 Å². The molecule has 2 heterocycles. The van der Waals surface area contributed by atoms with Crippen LogP contribution in [0.4, 0.5) is 0 Å². The fourth-order valence-electron chi connectivity index (χ4n) is 3.59. The molecule has 1 aromatic rings. The average Bonchev–Trinajstić information content (AvgIpc) is 2.85. The molecule has 1 saturated carbocycles. The minimum Gasteiger partial charge on any atom is -0.339 e. The molecule has 2 aliphatic rings. The lowest BCUT2D eigenvalue weighted by molar-refractivity contribution is 0.213. The number of nitrogens with zero attached hydrogens (tertiary/aromatic N) is 3. The number of rotatable bonds is 4. The fraction of sp³-hybridized carbons (Fsp3) is 0.875. The second kappa shape index (κ2) is 7.36. The van der Waals surface area contributed by atoms with Gasteiger partial charge in [-0.05, 0) is 38.8 Å². The summed E-state index contributed by atoms with van der Waals surface area (Å²) in [5.74, 6) is 1.97. The first-order chi connectivity index (χ1) is 10.3. The van der Waals surface area contributed by atoms with E-state index in [0.29, 0.717) is 11.7 Å². The molecule has 0 bridgehead atoms. The number of aromatic nitrogens is 2. The van der Waals surface area contributed by atoms with Gasteiger partial charge in [-0.1, -0.05) is 37.3 Å². The highest BCUT2D eigenvalue weighted by atomic mass is 16.5. The lowest BCUT2D eigenvalue weighted by Crippen LogP contribution is -2.36. The van der Waals surface area contributed by atoms with Crippen molar-refractivity contribution in [2.24, 2.45) is 5.73 Å². The molecule has 0 spiro atoms. The van der Waals surface area contributed by atoms with Gasteiger partial charge in [-0.25, -0.2) is 0 Å².